The molecule has 0 aromatic carbocycles. The number of carbonyl (C=O) groups excluding carboxylic acids is 1. The Morgan fingerprint density at radius 1 is 1.45 bits per heavy atom. The van der Waals surface area contributed by atoms with Crippen LogP contribution in [0.1, 0.15) is 20.3 Å². The molecular weight excluding hydrogens is 285 g/mol. The van der Waals surface area contributed by atoms with Crippen molar-refractivity contribution in [3.8, 4) is 0 Å². The summed E-state index contributed by atoms with van der Waals surface area (Å²) in [4.78, 5) is 15.2. The van der Waals surface area contributed by atoms with Crippen LogP contribution < -0.4 is 10.0 Å². The highest BCUT2D eigenvalue weighted by Crippen LogP contribution is 2.13. The molecule has 2 N–H and O–H groups in total. The van der Waals surface area contributed by atoms with Crippen LogP contribution >= 0.6 is 0 Å². The molecule has 20 heavy (non-hydrogen) atoms. The van der Waals surface area contributed by atoms with E-state index in [9.17, 15) is 17.6 Å². The van der Waals surface area contributed by atoms with Crippen LogP contribution in [0.3, 0.4) is 0 Å². The molecule has 1 amide bonds. The fraction of sp³-hybridized carbons (Fsp3) is 0.500. The van der Waals surface area contributed by atoms with E-state index in [4.69, 9.17) is 0 Å². The Hall–Kier alpha value is -1.54. The van der Waals surface area contributed by atoms with Gasteiger partial charge in [-0.25, -0.2) is 17.8 Å². The van der Waals surface area contributed by atoms with Crippen molar-refractivity contribution in [2.45, 2.75) is 31.3 Å². The Balaban J connectivity index is 3.03. The molecule has 1 atom stereocenters. The normalized spacial score (nSPS) is 13.2. The van der Waals surface area contributed by atoms with Crippen molar-refractivity contribution in [2.75, 3.05) is 7.05 Å². The van der Waals surface area contributed by atoms with E-state index in [2.05, 4.69) is 15.0 Å². The van der Waals surface area contributed by atoms with Gasteiger partial charge in [-0.15, -0.1) is 0 Å². The van der Waals surface area contributed by atoms with Gasteiger partial charge in [0, 0.05) is 13.2 Å². The molecule has 1 unspecified atom stereocenters. The fourth-order valence-electron chi connectivity index (χ4n) is 1.67. The van der Waals surface area contributed by atoms with E-state index >= 15 is 0 Å². The van der Waals surface area contributed by atoms with Crippen molar-refractivity contribution in [3.05, 3.63) is 24.1 Å². The molecule has 1 aromatic rings. The highest BCUT2D eigenvalue weighted by atomic mass is 32.2. The van der Waals surface area contributed by atoms with E-state index in [1.165, 1.54) is 19.3 Å². The first-order valence-corrected chi connectivity index (χ1v) is 7.60. The van der Waals surface area contributed by atoms with Crippen molar-refractivity contribution < 1.29 is 17.6 Å². The Labute approximate surface area is 117 Å². The number of hydrogen-bond acceptors (Lipinski definition) is 4. The van der Waals surface area contributed by atoms with Gasteiger partial charge in [-0.3, -0.25) is 4.79 Å². The van der Waals surface area contributed by atoms with Crippen molar-refractivity contribution in [1.82, 2.24) is 15.0 Å². The van der Waals surface area contributed by atoms with Crippen LogP contribution in [0, 0.1) is 11.7 Å². The second-order valence-electron chi connectivity index (χ2n) is 4.71. The smallest absolute Gasteiger partial charge is 0.261 e. The van der Waals surface area contributed by atoms with Crippen LogP contribution in [0.5, 0.6) is 0 Å². The molecule has 0 spiro atoms. The molecule has 112 valence electrons. The average Bonchev–Trinajstić information content (AvgIpc) is 2.36. The minimum Gasteiger partial charge on any atom is -0.358 e. The summed E-state index contributed by atoms with van der Waals surface area (Å²) in [5.41, 5.74) is 0. The van der Waals surface area contributed by atoms with Gasteiger partial charge in [-0.1, -0.05) is 13.8 Å². The van der Waals surface area contributed by atoms with Gasteiger partial charge in [-0.2, -0.15) is 4.72 Å². The van der Waals surface area contributed by atoms with Gasteiger partial charge in [-0.05, 0) is 24.5 Å². The summed E-state index contributed by atoms with van der Waals surface area (Å²) in [6.45, 7) is 3.71. The molecule has 1 aromatic heterocycles. The zero-order valence-electron chi connectivity index (χ0n) is 11.6. The summed E-state index contributed by atoms with van der Waals surface area (Å²) in [7, 11) is -2.78. The SMILES string of the molecule is CNC(=O)C(CC(C)C)NS(=O)(=O)c1ncccc1F. The van der Waals surface area contributed by atoms with Crippen LogP contribution in [-0.2, 0) is 14.8 Å². The molecule has 0 aliphatic heterocycles. The lowest BCUT2D eigenvalue weighted by molar-refractivity contribution is -0.122. The lowest BCUT2D eigenvalue weighted by Crippen LogP contribution is -2.46. The maximum Gasteiger partial charge on any atom is 0.261 e. The summed E-state index contributed by atoms with van der Waals surface area (Å²) in [6.07, 6.45) is 1.47. The number of hydrogen-bond donors (Lipinski definition) is 2. The minimum atomic E-state index is -4.19. The van der Waals surface area contributed by atoms with Gasteiger partial charge in [0.25, 0.3) is 10.0 Å². The first-order valence-electron chi connectivity index (χ1n) is 6.12. The highest BCUT2D eigenvalue weighted by Gasteiger charge is 2.28. The fourth-order valence-corrected chi connectivity index (χ4v) is 2.88. The van der Waals surface area contributed by atoms with E-state index in [0.29, 0.717) is 6.42 Å². The Bertz CT molecular complexity index is 575. The van der Waals surface area contributed by atoms with E-state index < -0.39 is 32.8 Å². The number of nitrogens with one attached hydrogen (secondary N) is 2. The lowest BCUT2D eigenvalue weighted by atomic mass is 10.0. The third kappa shape index (κ3) is 4.24. The van der Waals surface area contributed by atoms with Crippen molar-refractivity contribution in [2.24, 2.45) is 5.92 Å². The molecule has 0 radical (unpaired) electrons. The number of likely N-dealkylation sites (N-methyl/N-ethyl adjacent to an activating group) is 1. The molecule has 0 fully saturated rings. The summed E-state index contributed by atoms with van der Waals surface area (Å²) < 4.78 is 39.8. The van der Waals surface area contributed by atoms with Crippen LogP contribution in [0.2, 0.25) is 0 Å². The molecule has 0 aliphatic rings. The molecule has 1 rings (SSSR count). The number of sulfonamides is 1. The zero-order valence-corrected chi connectivity index (χ0v) is 12.4. The number of amides is 1. The maximum atomic E-state index is 13.5. The van der Waals surface area contributed by atoms with Crippen molar-refractivity contribution >= 4 is 15.9 Å². The second-order valence-corrected chi connectivity index (χ2v) is 6.34. The topological polar surface area (TPSA) is 88.2 Å². The number of aromatic nitrogens is 1. The number of carbonyl (C=O) groups is 1. The quantitative estimate of drug-likeness (QED) is 0.808. The predicted octanol–water partition coefficient (Wildman–Crippen LogP) is 0.660. The molecule has 1 heterocycles. The van der Waals surface area contributed by atoms with Crippen molar-refractivity contribution in [1.29, 1.82) is 0 Å². The summed E-state index contributed by atoms with van der Waals surface area (Å²) in [6, 6.07) is 1.32. The van der Waals surface area contributed by atoms with Gasteiger partial charge < -0.3 is 5.32 Å². The monoisotopic (exact) mass is 303 g/mol. The van der Waals surface area contributed by atoms with Crippen LogP contribution in [0.4, 0.5) is 4.39 Å². The summed E-state index contributed by atoms with van der Waals surface area (Å²) in [5.74, 6) is -1.34. The van der Waals surface area contributed by atoms with Gasteiger partial charge in [0.05, 0.1) is 0 Å². The molecule has 6 nitrogen and oxygen atoms in total. The largest absolute Gasteiger partial charge is 0.358 e. The highest BCUT2D eigenvalue weighted by molar-refractivity contribution is 7.89. The van der Waals surface area contributed by atoms with E-state index in [1.54, 1.807) is 0 Å². The Kier molecular flexibility index (Phi) is 5.58. The number of nitrogens with zero attached hydrogens (tertiary/aromatic N) is 1. The number of rotatable bonds is 6. The molecule has 0 saturated carbocycles. The van der Waals surface area contributed by atoms with Crippen LogP contribution in [0.15, 0.2) is 23.4 Å². The molecular formula is C12H18FN3O3S. The average molecular weight is 303 g/mol. The van der Waals surface area contributed by atoms with Gasteiger partial charge >= 0.3 is 0 Å². The van der Waals surface area contributed by atoms with E-state index in [1.807, 2.05) is 13.8 Å². The number of halogens is 1. The summed E-state index contributed by atoms with van der Waals surface area (Å²) in [5, 5.41) is 1.67. The molecule has 0 aliphatic carbocycles. The predicted molar refractivity (Wildman–Crippen MR) is 71.8 cm³/mol. The minimum absolute atomic E-state index is 0.0913. The molecule has 0 saturated heterocycles. The van der Waals surface area contributed by atoms with Gasteiger partial charge in [0.1, 0.15) is 6.04 Å². The van der Waals surface area contributed by atoms with Crippen molar-refractivity contribution in [3.63, 3.8) is 0 Å². The molecule has 0 bridgehead atoms. The summed E-state index contributed by atoms with van der Waals surface area (Å²) >= 11 is 0. The Morgan fingerprint density at radius 3 is 2.60 bits per heavy atom. The number of pyridine rings is 1. The first kappa shape index (κ1) is 16.5. The van der Waals surface area contributed by atoms with Crippen LogP contribution in [0.25, 0.3) is 0 Å². The van der Waals surface area contributed by atoms with Gasteiger partial charge in [0.2, 0.25) is 10.9 Å². The zero-order chi connectivity index (χ0) is 15.3. The van der Waals surface area contributed by atoms with Gasteiger partial charge in [0.15, 0.2) is 5.82 Å². The van der Waals surface area contributed by atoms with E-state index in [0.717, 1.165) is 6.07 Å². The second kappa shape index (κ2) is 6.76. The third-order valence-corrected chi connectivity index (χ3v) is 3.95. The maximum absolute atomic E-state index is 13.5. The third-order valence-electron chi connectivity index (χ3n) is 2.55. The van der Waals surface area contributed by atoms with Crippen LogP contribution in [-0.4, -0.2) is 32.4 Å². The standard InChI is InChI=1S/C12H18FN3O3S/c1-8(2)7-10(11(17)14-3)16-20(18,19)12-9(13)5-4-6-15-12/h4-6,8,10,16H,7H2,1-3H3,(H,14,17). The first-order chi connectivity index (χ1) is 9.27. The lowest BCUT2D eigenvalue weighted by Gasteiger charge is -2.18. The Morgan fingerprint density at radius 2 is 2.10 bits per heavy atom. The van der Waals surface area contributed by atoms with E-state index in [-0.39, 0.29) is 5.92 Å². The molecule has 8 heteroatoms.